The summed E-state index contributed by atoms with van der Waals surface area (Å²) in [6.07, 6.45) is 6.30. The Morgan fingerprint density at radius 3 is 2.61 bits per heavy atom. The monoisotopic (exact) mass is 431 g/mol. The van der Waals surface area contributed by atoms with E-state index >= 15 is 0 Å². The predicted molar refractivity (Wildman–Crippen MR) is 117 cm³/mol. The molecule has 0 spiro atoms. The van der Waals surface area contributed by atoms with Crippen LogP contribution in [0.4, 0.5) is 5.82 Å². The number of nitrogens with zero attached hydrogens (tertiary/aromatic N) is 4. The Kier molecular flexibility index (Phi) is 9.21. The van der Waals surface area contributed by atoms with Crippen molar-refractivity contribution in [3.63, 3.8) is 0 Å². The van der Waals surface area contributed by atoms with E-state index in [-0.39, 0.29) is 12.5 Å². The van der Waals surface area contributed by atoms with Crippen molar-refractivity contribution < 1.29 is 19.7 Å². The van der Waals surface area contributed by atoms with Gasteiger partial charge in [0.15, 0.2) is 0 Å². The van der Waals surface area contributed by atoms with Crippen LogP contribution in [0.2, 0.25) is 0 Å². The van der Waals surface area contributed by atoms with Crippen LogP contribution in [0.15, 0.2) is 5.57 Å². The Hall–Kier alpha value is -2.70. The number of ether oxygens (including phenoxy) is 1. The molecule has 3 rings (SSSR count). The number of rotatable bonds is 8. The molecule has 0 saturated carbocycles. The quantitative estimate of drug-likeness (QED) is 0.417. The molecule has 0 radical (unpaired) electrons. The van der Waals surface area contributed by atoms with Crippen LogP contribution in [-0.2, 0) is 11.2 Å². The van der Waals surface area contributed by atoms with Gasteiger partial charge in [-0.3, -0.25) is 4.79 Å². The van der Waals surface area contributed by atoms with Crippen molar-refractivity contribution in [2.45, 2.75) is 63.9 Å². The van der Waals surface area contributed by atoms with Gasteiger partial charge in [-0.15, -0.1) is 0 Å². The number of hydrogen-bond acceptors (Lipinski definition) is 8. The Morgan fingerprint density at radius 2 is 2.00 bits per heavy atom. The molecule has 0 amide bonds. The summed E-state index contributed by atoms with van der Waals surface area (Å²) in [6, 6.07) is 2.60. The Bertz CT molecular complexity index is 826. The van der Waals surface area contributed by atoms with E-state index in [4.69, 9.17) is 20.4 Å². The lowest BCUT2D eigenvalue weighted by Crippen LogP contribution is -2.42. The lowest BCUT2D eigenvalue weighted by atomic mass is 9.86. The van der Waals surface area contributed by atoms with E-state index in [9.17, 15) is 10.4 Å². The van der Waals surface area contributed by atoms with Crippen LogP contribution < -0.4 is 10.5 Å². The van der Waals surface area contributed by atoms with E-state index in [0.29, 0.717) is 30.8 Å². The molecule has 2 heterocycles. The number of fused-ring (bicyclic) bond motifs is 1. The average Bonchev–Trinajstić information content (AvgIpc) is 3.10. The molecular formula is C22H33N5O4. The number of unbranched alkanes of at least 4 members (excludes halogenated alkanes) is 1. The third kappa shape index (κ3) is 6.64. The molecule has 1 aliphatic carbocycles. The van der Waals surface area contributed by atoms with Crippen molar-refractivity contribution in [3.05, 3.63) is 16.8 Å². The number of allylic oxidation sites excluding steroid dienone is 2. The van der Waals surface area contributed by atoms with Gasteiger partial charge in [-0.25, -0.2) is 0 Å². The van der Waals surface area contributed by atoms with Crippen LogP contribution in [0.1, 0.15) is 63.1 Å². The van der Waals surface area contributed by atoms with E-state index in [1.165, 1.54) is 0 Å². The number of aliphatic hydroxyl groups is 1. The number of carbonyl (C=O) groups is 1. The standard InChI is InChI=1S/C21H31N5O2.CH2O2/c1-3-4-12-28-20-24-18-16(15(14-22)13-17(18)19(23)25-20)6-5-7-21(27)8-10-26(2)11-9-21;2-1-3/h27H,3-13H2,1-2H3,(H2,23,24,25);1H,(H,2,3). The van der Waals surface area contributed by atoms with Crippen LogP contribution in [0.25, 0.3) is 5.57 Å². The molecule has 1 aromatic heterocycles. The van der Waals surface area contributed by atoms with Gasteiger partial charge in [0.05, 0.1) is 24.0 Å². The molecular weight excluding hydrogens is 398 g/mol. The van der Waals surface area contributed by atoms with Gasteiger partial charge in [-0.2, -0.15) is 15.2 Å². The largest absolute Gasteiger partial charge is 0.483 e. The number of piperidine rings is 1. The van der Waals surface area contributed by atoms with Crippen molar-refractivity contribution in [1.82, 2.24) is 14.9 Å². The zero-order valence-electron chi connectivity index (χ0n) is 18.4. The maximum atomic E-state index is 10.8. The zero-order valence-corrected chi connectivity index (χ0v) is 18.4. The minimum absolute atomic E-state index is 0.250. The van der Waals surface area contributed by atoms with Crippen molar-refractivity contribution in [2.24, 2.45) is 0 Å². The maximum Gasteiger partial charge on any atom is 0.318 e. The first kappa shape index (κ1) is 24.6. The Morgan fingerprint density at radius 1 is 1.32 bits per heavy atom. The van der Waals surface area contributed by atoms with E-state index in [2.05, 4.69) is 34.9 Å². The molecule has 1 aromatic rings. The van der Waals surface area contributed by atoms with E-state index in [1.54, 1.807) is 0 Å². The second-order valence-corrected chi connectivity index (χ2v) is 8.15. The second kappa shape index (κ2) is 11.6. The second-order valence-electron chi connectivity index (χ2n) is 8.15. The van der Waals surface area contributed by atoms with Gasteiger partial charge in [0.2, 0.25) is 0 Å². The first-order valence-corrected chi connectivity index (χ1v) is 10.8. The minimum Gasteiger partial charge on any atom is -0.483 e. The van der Waals surface area contributed by atoms with Gasteiger partial charge in [-0.1, -0.05) is 13.3 Å². The Balaban J connectivity index is 0.00000107. The molecule has 1 fully saturated rings. The molecule has 170 valence electrons. The zero-order chi connectivity index (χ0) is 22.9. The molecule has 1 aliphatic heterocycles. The third-order valence-corrected chi connectivity index (χ3v) is 5.87. The van der Waals surface area contributed by atoms with Crippen molar-refractivity contribution in [2.75, 3.05) is 32.5 Å². The fourth-order valence-corrected chi connectivity index (χ4v) is 3.96. The first-order valence-electron chi connectivity index (χ1n) is 10.8. The summed E-state index contributed by atoms with van der Waals surface area (Å²) in [4.78, 5) is 19.4. The highest BCUT2D eigenvalue weighted by atomic mass is 16.5. The summed E-state index contributed by atoms with van der Waals surface area (Å²) in [5.41, 5.74) is 8.75. The normalized spacial score (nSPS) is 17.4. The number of nitrogen functional groups attached to an aromatic ring is 1. The van der Waals surface area contributed by atoms with Gasteiger partial charge in [0, 0.05) is 30.6 Å². The van der Waals surface area contributed by atoms with E-state index in [0.717, 1.165) is 68.4 Å². The fraction of sp³-hybridized carbons (Fsp3) is 0.636. The number of hydrogen-bond donors (Lipinski definition) is 3. The SMILES string of the molecule is CCCCOc1nc(N)c2c(n1)C(CCCC1(O)CCN(C)CC1)=C(C#N)C2.O=CO. The van der Waals surface area contributed by atoms with Gasteiger partial charge in [-0.05, 0) is 51.1 Å². The molecule has 0 bridgehead atoms. The van der Waals surface area contributed by atoms with Gasteiger partial charge in [0.1, 0.15) is 5.82 Å². The number of carboxylic acid groups (broad SMARTS) is 1. The van der Waals surface area contributed by atoms with E-state index < -0.39 is 5.60 Å². The summed E-state index contributed by atoms with van der Waals surface area (Å²) in [6.45, 7) is 4.25. The topological polar surface area (TPSA) is 146 Å². The van der Waals surface area contributed by atoms with Gasteiger partial charge < -0.3 is 25.6 Å². The number of likely N-dealkylation sites (tertiary alicyclic amines) is 1. The summed E-state index contributed by atoms with van der Waals surface area (Å²) in [7, 11) is 2.09. The van der Waals surface area contributed by atoms with E-state index in [1.807, 2.05) is 0 Å². The lowest BCUT2D eigenvalue weighted by molar-refractivity contribution is -0.122. The molecule has 0 aromatic carbocycles. The van der Waals surface area contributed by atoms with Gasteiger partial charge in [0.25, 0.3) is 6.47 Å². The average molecular weight is 432 g/mol. The van der Waals surface area contributed by atoms with Crippen LogP contribution in [0, 0.1) is 11.3 Å². The fourth-order valence-electron chi connectivity index (χ4n) is 3.96. The first-order chi connectivity index (χ1) is 14.9. The third-order valence-electron chi connectivity index (χ3n) is 5.87. The van der Waals surface area contributed by atoms with Crippen molar-refractivity contribution in [1.29, 1.82) is 5.26 Å². The highest BCUT2D eigenvalue weighted by Crippen LogP contribution is 2.38. The van der Waals surface area contributed by atoms with Crippen molar-refractivity contribution >= 4 is 17.9 Å². The molecule has 4 N–H and O–H groups in total. The molecule has 0 atom stereocenters. The summed E-state index contributed by atoms with van der Waals surface area (Å²) < 4.78 is 5.64. The van der Waals surface area contributed by atoms with Crippen LogP contribution in [-0.4, -0.2) is 63.9 Å². The molecule has 2 aliphatic rings. The molecule has 31 heavy (non-hydrogen) atoms. The highest BCUT2D eigenvalue weighted by Gasteiger charge is 2.32. The van der Waals surface area contributed by atoms with Crippen LogP contribution in [0.3, 0.4) is 0 Å². The minimum atomic E-state index is -0.597. The number of anilines is 1. The lowest BCUT2D eigenvalue weighted by Gasteiger charge is -2.36. The van der Waals surface area contributed by atoms with Gasteiger partial charge >= 0.3 is 6.01 Å². The predicted octanol–water partition coefficient (Wildman–Crippen LogP) is 2.40. The molecule has 9 heteroatoms. The summed E-state index contributed by atoms with van der Waals surface area (Å²) in [5.74, 6) is 0.396. The molecule has 1 saturated heterocycles. The maximum absolute atomic E-state index is 10.8. The number of nitrogens with two attached hydrogens (primary N) is 1. The molecule has 9 nitrogen and oxygen atoms in total. The van der Waals surface area contributed by atoms with Crippen molar-refractivity contribution in [3.8, 4) is 12.1 Å². The van der Waals surface area contributed by atoms with Crippen LogP contribution in [0.5, 0.6) is 6.01 Å². The highest BCUT2D eigenvalue weighted by molar-refractivity contribution is 5.79. The van der Waals surface area contributed by atoms with Crippen LogP contribution >= 0.6 is 0 Å². The number of nitriles is 1. The summed E-state index contributed by atoms with van der Waals surface area (Å²) >= 11 is 0. The summed E-state index contributed by atoms with van der Waals surface area (Å²) in [5, 5.41) is 27.3. The smallest absolute Gasteiger partial charge is 0.318 e. The Labute approximate surface area is 183 Å². The molecule has 0 unspecified atom stereocenters. The number of aromatic nitrogens is 2.